The van der Waals surface area contributed by atoms with Gasteiger partial charge < -0.3 is 9.80 Å². The Labute approximate surface area is 96.7 Å². The zero-order valence-corrected chi connectivity index (χ0v) is 9.89. The molecule has 0 aliphatic carbocycles. The summed E-state index contributed by atoms with van der Waals surface area (Å²) in [5, 5.41) is 0. The maximum absolute atomic E-state index is 11.8. The van der Waals surface area contributed by atoms with Gasteiger partial charge in [-0.15, -0.1) is 0 Å². The Bertz CT molecular complexity index is 363. The summed E-state index contributed by atoms with van der Waals surface area (Å²) in [4.78, 5) is 15.9. The molecule has 0 bridgehead atoms. The van der Waals surface area contributed by atoms with Crippen molar-refractivity contribution in [3.8, 4) is 0 Å². The number of hydrogen-bond acceptors (Lipinski definition) is 2. The maximum atomic E-state index is 11.8. The molecule has 1 amide bonds. The highest BCUT2D eigenvalue weighted by molar-refractivity contribution is 5.85. The highest BCUT2D eigenvalue weighted by Crippen LogP contribution is 2.20. The van der Waals surface area contributed by atoms with Crippen molar-refractivity contribution in [2.24, 2.45) is 0 Å². The van der Waals surface area contributed by atoms with E-state index < -0.39 is 0 Å². The van der Waals surface area contributed by atoms with E-state index in [0.717, 1.165) is 18.8 Å². The van der Waals surface area contributed by atoms with Crippen LogP contribution in [0.4, 0.5) is 5.69 Å². The van der Waals surface area contributed by atoms with Gasteiger partial charge in [-0.3, -0.25) is 4.79 Å². The molecule has 2 rings (SSSR count). The molecule has 0 radical (unpaired) electrons. The third-order valence-electron chi connectivity index (χ3n) is 3.21. The molecule has 3 heteroatoms. The number of para-hydroxylation sites is 1. The summed E-state index contributed by atoms with van der Waals surface area (Å²) < 4.78 is 0. The standard InChI is InChI=1S/C13H18N2O/c1-3-11(2)15-10-14(9-13(15)16)12-7-5-4-6-8-12/h4-8,11H,3,9-10H2,1-2H3/t11-/m0/s1. The number of hydrogen-bond donors (Lipinski definition) is 0. The third kappa shape index (κ3) is 2.03. The average Bonchev–Trinajstić information content (AvgIpc) is 2.71. The fraction of sp³-hybridized carbons (Fsp3) is 0.462. The number of amides is 1. The molecule has 0 saturated carbocycles. The molecular formula is C13H18N2O. The predicted octanol–water partition coefficient (Wildman–Crippen LogP) is 2.09. The van der Waals surface area contributed by atoms with E-state index in [-0.39, 0.29) is 5.91 Å². The van der Waals surface area contributed by atoms with Crippen molar-refractivity contribution in [1.82, 2.24) is 4.90 Å². The van der Waals surface area contributed by atoms with Crippen molar-refractivity contribution in [3.05, 3.63) is 30.3 Å². The first-order chi connectivity index (χ1) is 7.72. The summed E-state index contributed by atoms with van der Waals surface area (Å²) in [6, 6.07) is 10.4. The molecular weight excluding hydrogens is 200 g/mol. The van der Waals surface area contributed by atoms with Gasteiger partial charge in [-0.25, -0.2) is 0 Å². The molecule has 1 aromatic rings. The van der Waals surface area contributed by atoms with Gasteiger partial charge >= 0.3 is 0 Å². The Kier molecular flexibility index (Phi) is 3.13. The monoisotopic (exact) mass is 218 g/mol. The molecule has 1 aliphatic rings. The second kappa shape index (κ2) is 4.56. The molecule has 0 aromatic heterocycles. The van der Waals surface area contributed by atoms with E-state index in [1.54, 1.807) is 0 Å². The summed E-state index contributed by atoms with van der Waals surface area (Å²) in [6.07, 6.45) is 1.01. The summed E-state index contributed by atoms with van der Waals surface area (Å²) in [5.41, 5.74) is 1.13. The van der Waals surface area contributed by atoms with Crippen molar-refractivity contribution in [3.63, 3.8) is 0 Å². The molecule has 1 fully saturated rings. The lowest BCUT2D eigenvalue weighted by molar-refractivity contribution is -0.128. The predicted molar refractivity (Wildman–Crippen MR) is 65.3 cm³/mol. The summed E-state index contributed by atoms with van der Waals surface area (Å²) in [7, 11) is 0. The van der Waals surface area contributed by atoms with Gasteiger partial charge in [0.05, 0.1) is 13.2 Å². The molecule has 16 heavy (non-hydrogen) atoms. The van der Waals surface area contributed by atoms with E-state index in [1.807, 2.05) is 35.2 Å². The second-order valence-electron chi connectivity index (χ2n) is 4.30. The normalized spacial score (nSPS) is 18.0. The summed E-state index contributed by atoms with van der Waals surface area (Å²) in [5.74, 6) is 0.234. The van der Waals surface area contributed by atoms with Crippen LogP contribution in [0.3, 0.4) is 0 Å². The minimum atomic E-state index is 0.234. The molecule has 0 unspecified atom stereocenters. The second-order valence-corrected chi connectivity index (χ2v) is 4.30. The highest BCUT2D eigenvalue weighted by atomic mass is 16.2. The first-order valence-electron chi connectivity index (χ1n) is 5.82. The Hall–Kier alpha value is -1.51. The van der Waals surface area contributed by atoms with Crippen LogP contribution >= 0.6 is 0 Å². The van der Waals surface area contributed by atoms with Crippen molar-refractivity contribution >= 4 is 11.6 Å². The van der Waals surface area contributed by atoms with E-state index in [0.29, 0.717) is 12.6 Å². The van der Waals surface area contributed by atoms with Crippen LogP contribution < -0.4 is 4.90 Å². The Morgan fingerprint density at radius 1 is 1.31 bits per heavy atom. The zero-order chi connectivity index (χ0) is 11.5. The van der Waals surface area contributed by atoms with E-state index >= 15 is 0 Å². The largest absolute Gasteiger partial charge is 0.344 e. The van der Waals surface area contributed by atoms with Gasteiger partial charge in [0.25, 0.3) is 0 Å². The average molecular weight is 218 g/mol. The van der Waals surface area contributed by atoms with E-state index in [4.69, 9.17) is 0 Å². The first-order valence-corrected chi connectivity index (χ1v) is 5.82. The van der Waals surface area contributed by atoms with Crippen LogP contribution in [0.2, 0.25) is 0 Å². The Morgan fingerprint density at radius 3 is 2.62 bits per heavy atom. The van der Waals surface area contributed by atoms with Crippen LogP contribution in [-0.2, 0) is 4.79 Å². The fourth-order valence-corrected chi connectivity index (χ4v) is 1.98. The number of anilines is 1. The molecule has 3 nitrogen and oxygen atoms in total. The first kappa shape index (κ1) is 11.0. The van der Waals surface area contributed by atoms with E-state index in [2.05, 4.69) is 18.7 Å². The number of rotatable bonds is 3. The van der Waals surface area contributed by atoms with Gasteiger partial charge in [-0.2, -0.15) is 0 Å². The van der Waals surface area contributed by atoms with Crippen molar-refractivity contribution in [2.75, 3.05) is 18.1 Å². The molecule has 86 valence electrons. The van der Waals surface area contributed by atoms with Gasteiger partial charge in [-0.05, 0) is 25.5 Å². The number of benzene rings is 1. The van der Waals surface area contributed by atoms with Crippen LogP contribution in [0, 0.1) is 0 Å². The van der Waals surface area contributed by atoms with E-state index in [1.165, 1.54) is 0 Å². The van der Waals surface area contributed by atoms with Gasteiger partial charge in [0.2, 0.25) is 5.91 Å². The summed E-state index contributed by atoms with van der Waals surface area (Å²) >= 11 is 0. The molecule has 1 aromatic carbocycles. The SMILES string of the molecule is CC[C@H](C)N1CN(c2ccccc2)CC1=O. The lowest BCUT2D eigenvalue weighted by Crippen LogP contribution is -2.35. The Morgan fingerprint density at radius 2 is 2.00 bits per heavy atom. The van der Waals surface area contributed by atoms with Crippen LogP contribution in [0.15, 0.2) is 30.3 Å². The molecule has 1 aliphatic heterocycles. The number of nitrogens with zero attached hydrogens (tertiary/aromatic N) is 2. The minimum absolute atomic E-state index is 0.234. The van der Waals surface area contributed by atoms with Crippen LogP contribution in [0.5, 0.6) is 0 Å². The van der Waals surface area contributed by atoms with Crippen molar-refractivity contribution in [2.45, 2.75) is 26.3 Å². The molecule has 1 heterocycles. The third-order valence-corrected chi connectivity index (χ3v) is 3.21. The van der Waals surface area contributed by atoms with E-state index in [9.17, 15) is 4.79 Å². The molecule has 0 N–H and O–H groups in total. The van der Waals surface area contributed by atoms with Gasteiger partial charge in [0, 0.05) is 11.7 Å². The van der Waals surface area contributed by atoms with Crippen LogP contribution in [0.25, 0.3) is 0 Å². The molecule has 0 spiro atoms. The maximum Gasteiger partial charge on any atom is 0.243 e. The smallest absolute Gasteiger partial charge is 0.243 e. The fourth-order valence-electron chi connectivity index (χ4n) is 1.98. The number of carbonyl (C=O) groups is 1. The zero-order valence-electron chi connectivity index (χ0n) is 9.89. The number of carbonyl (C=O) groups excluding carboxylic acids is 1. The minimum Gasteiger partial charge on any atom is -0.344 e. The van der Waals surface area contributed by atoms with Gasteiger partial charge in [-0.1, -0.05) is 25.1 Å². The van der Waals surface area contributed by atoms with Crippen LogP contribution in [0.1, 0.15) is 20.3 Å². The quantitative estimate of drug-likeness (QED) is 0.775. The highest BCUT2D eigenvalue weighted by Gasteiger charge is 2.29. The van der Waals surface area contributed by atoms with Crippen molar-refractivity contribution < 1.29 is 4.79 Å². The van der Waals surface area contributed by atoms with Crippen LogP contribution in [-0.4, -0.2) is 30.1 Å². The molecule has 1 atom stereocenters. The summed E-state index contributed by atoms with van der Waals surface area (Å²) in [6.45, 7) is 5.45. The Balaban J connectivity index is 2.10. The lowest BCUT2D eigenvalue weighted by atomic mass is 10.2. The topological polar surface area (TPSA) is 23.6 Å². The van der Waals surface area contributed by atoms with Crippen molar-refractivity contribution in [1.29, 1.82) is 0 Å². The lowest BCUT2D eigenvalue weighted by Gasteiger charge is -2.24. The van der Waals surface area contributed by atoms with Gasteiger partial charge in [0.1, 0.15) is 0 Å². The molecule has 1 saturated heterocycles. The van der Waals surface area contributed by atoms with Gasteiger partial charge in [0.15, 0.2) is 0 Å².